The summed E-state index contributed by atoms with van der Waals surface area (Å²) in [4.78, 5) is 28.5. The first-order chi connectivity index (χ1) is 28.8. The van der Waals surface area contributed by atoms with E-state index in [1.165, 1.54) is 18.5 Å². The van der Waals surface area contributed by atoms with Crippen molar-refractivity contribution in [1.82, 2.24) is 29.5 Å². The van der Waals surface area contributed by atoms with Gasteiger partial charge in [-0.1, -0.05) is 36.4 Å². The average Bonchev–Trinajstić information content (AvgIpc) is 3.73. The van der Waals surface area contributed by atoms with Gasteiger partial charge in [-0.25, -0.2) is 23.1 Å². The summed E-state index contributed by atoms with van der Waals surface area (Å²) in [6.45, 7) is 7.94. The number of piperazine rings is 1. The third-order valence-corrected chi connectivity index (χ3v) is 13.1. The minimum Gasteiger partial charge on any atom is -0.379 e. The number of morpholine rings is 1. The largest absolute Gasteiger partial charge is 0.379 e. The molecule has 2 aliphatic rings. The fourth-order valence-electron chi connectivity index (χ4n) is 7.40. The van der Waals surface area contributed by atoms with Gasteiger partial charge in [0, 0.05) is 92.4 Å². The zero-order chi connectivity index (χ0) is 40.6. The van der Waals surface area contributed by atoms with Gasteiger partial charge in [0.2, 0.25) is 0 Å². The maximum atomic E-state index is 13.8. The molecule has 0 amide bonds. The number of benzene rings is 4. The predicted octanol–water partition coefficient (Wildman–Crippen LogP) is 6.14. The summed E-state index contributed by atoms with van der Waals surface area (Å²) in [6, 6.07) is 31.7. The van der Waals surface area contributed by atoms with Crippen LogP contribution in [0.25, 0.3) is 16.6 Å². The van der Waals surface area contributed by atoms with Gasteiger partial charge in [-0.15, -0.1) is 11.8 Å². The van der Waals surface area contributed by atoms with E-state index >= 15 is 0 Å². The first-order valence-electron chi connectivity index (χ1n) is 19.7. The van der Waals surface area contributed by atoms with Crippen molar-refractivity contribution in [3.05, 3.63) is 131 Å². The summed E-state index contributed by atoms with van der Waals surface area (Å²) in [6.07, 6.45) is 3.89. The fourth-order valence-corrected chi connectivity index (χ4v) is 9.44. The molecular weight excluding hydrogens is 789 g/mol. The number of para-hydroxylation sites is 1. The van der Waals surface area contributed by atoms with Crippen LogP contribution in [0.2, 0.25) is 0 Å². The molecule has 1 atom stereocenters. The highest BCUT2D eigenvalue weighted by Gasteiger charge is 2.26. The van der Waals surface area contributed by atoms with Crippen LogP contribution >= 0.6 is 11.8 Å². The van der Waals surface area contributed by atoms with Crippen LogP contribution < -0.4 is 14.9 Å². The first kappa shape index (κ1) is 40.2. The smallest absolute Gasteiger partial charge is 0.293 e. The summed E-state index contributed by atoms with van der Waals surface area (Å²) >= 11 is 1.67. The molecule has 4 heterocycles. The van der Waals surface area contributed by atoms with Crippen LogP contribution in [0.4, 0.5) is 22.9 Å². The van der Waals surface area contributed by atoms with Crippen molar-refractivity contribution < 1.29 is 18.1 Å². The van der Waals surface area contributed by atoms with Crippen LogP contribution in [0.3, 0.4) is 0 Å². The van der Waals surface area contributed by atoms with Gasteiger partial charge in [0.25, 0.3) is 15.7 Å². The molecule has 6 aromatic rings. The molecule has 0 spiro atoms. The molecule has 306 valence electrons. The SMILES string of the molecule is O=[N+]([O-])c1cc(S(=O)(=O)Nc2ncnc3cc(N4CCN(Cc5ccnn5-c5ccccc5)CC4)ccc23)ccc1NC(CCN1CCOCC1)CSc1ccccc1. The van der Waals surface area contributed by atoms with Gasteiger partial charge in [-0.2, -0.15) is 5.10 Å². The number of nitrogens with one attached hydrogen (secondary N) is 2. The normalized spacial score (nSPS) is 15.9. The van der Waals surface area contributed by atoms with E-state index in [2.05, 4.69) is 45.9 Å². The molecule has 2 N–H and O–H groups in total. The first-order valence-corrected chi connectivity index (χ1v) is 22.1. The van der Waals surface area contributed by atoms with Crippen molar-refractivity contribution in [2.24, 2.45) is 0 Å². The van der Waals surface area contributed by atoms with Crippen molar-refractivity contribution in [3.63, 3.8) is 0 Å². The predicted molar refractivity (Wildman–Crippen MR) is 231 cm³/mol. The highest BCUT2D eigenvalue weighted by Crippen LogP contribution is 2.32. The lowest BCUT2D eigenvalue weighted by Gasteiger charge is -2.36. The number of nitro benzene ring substituents is 1. The molecule has 2 aliphatic heterocycles. The number of aromatic nitrogens is 4. The van der Waals surface area contributed by atoms with E-state index in [0.717, 1.165) is 86.8 Å². The third kappa shape index (κ3) is 10.00. The topological polar surface area (TPSA) is 164 Å². The standard InChI is InChI=1S/C42H46N10O5S2/c53-52(54)41-28-37(12-14-39(41)46-32(16-18-48-23-25-57-26-24-48)30-58-36-9-5-2-6-10-36)59(55,56)47-42-38-13-11-34(27-40(38)43-31-44-42)50-21-19-49(20-22-50)29-35-15-17-45-51(35)33-7-3-1-4-8-33/h1-15,17,27-28,31-32,46H,16,18-26,29-30H2,(H,43,44,47). The number of thioether (sulfide) groups is 1. The van der Waals surface area contributed by atoms with E-state index in [-0.39, 0.29) is 28.1 Å². The van der Waals surface area contributed by atoms with Gasteiger partial charge in [0.1, 0.15) is 12.0 Å². The molecule has 2 fully saturated rings. The maximum Gasteiger partial charge on any atom is 0.293 e. The number of sulfonamides is 1. The van der Waals surface area contributed by atoms with E-state index in [1.807, 2.05) is 89.7 Å². The van der Waals surface area contributed by atoms with E-state index in [4.69, 9.17) is 4.74 Å². The Hall–Kier alpha value is -5.59. The van der Waals surface area contributed by atoms with Gasteiger partial charge in [0.15, 0.2) is 5.82 Å². The molecule has 15 nitrogen and oxygen atoms in total. The van der Waals surface area contributed by atoms with Crippen LogP contribution in [0.5, 0.6) is 0 Å². The van der Waals surface area contributed by atoms with E-state index < -0.39 is 14.9 Å². The zero-order valence-corrected chi connectivity index (χ0v) is 34.1. The Balaban J connectivity index is 0.935. The van der Waals surface area contributed by atoms with Crippen LogP contribution in [0.15, 0.2) is 125 Å². The maximum absolute atomic E-state index is 13.8. The molecule has 2 aromatic heterocycles. The van der Waals surface area contributed by atoms with E-state index in [0.29, 0.717) is 29.9 Å². The Morgan fingerprint density at radius 3 is 2.36 bits per heavy atom. The second-order valence-corrected chi connectivity index (χ2v) is 17.3. The molecule has 2 saturated heterocycles. The van der Waals surface area contributed by atoms with Crippen LogP contribution in [0, 0.1) is 10.1 Å². The Labute approximate surface area is 347 Å². The number of hydrogen-bond donors (Lipinski definition) is 2. The molecule has 4 aromatic carbocycles. The van der Waals surface area contributed by atoms with Crippen LogP contribution in [0.1, 0.15) is 12.1 Å². The van der Waals surface area contributed by atoms with Crippen LogP contribution in [-0.2, 0) is 21.3 Å². The minimum absolute atomic E-state index is 0.0902. The van der Waals surface area contributed by atoms with Gasteiger partial charge in [-0.05, 0) is 67.1 Å². The fraction of sp³-hybridized carbons (Fsp3) is 0.310. The van der Waals surface area contributed by atoms with Crippen molar-refractivity contribution >= 4 is 55.6 Å². The molecule has 0 aliphatic carbocycles. The monoisotopic (exact) mass is 834 g/mol. The summed E-state index contributed by atoms with van der Waals surface area (Å²) in [5.41, 5.74) is 3.64. The lowest BCUT2D eigenvalue weighted by Crippen LogP contribution is -2.46. The Morgan fingerprint density at radius 2 is 1.59 bits per heavy atom. The number of anilines is 3. The van der Waals surface area contributed by atoms with Crippen molar-refractivity contribution in [1.29, 1.82) is 0 Å². The molecule has 0 saturated carbocycles. The Morgan fingerprint density at radius 1 is 0.831 bits per heavy atom. The van der Waals surface area contributed by atoms with E-state index in [1.54, 1.807) is 11.8 Å². The lowest BCUT2D eigenvalue weighted by atomic mass is 10.2. The second-order valence-electron chi connectivity index (χ2n) is 14.5. The number of fused-ring (bicyclic) bond motifs is 1. The number of hydrogen-bond acceptors (Lipinski definition) is 13. The molecule has 59 heavy (non-hydrogen) atoms. The highest BCUT2D eigenvalue weighted by molar-refractivity contribution is 7.99. The minimum atomic E-state index is -4.27. The Bertz CT molecular complexity index is 2460. The van der Waals surface area contributed by atoms with Crippen molar-refractivity contribution in [2.75, 3.05) is 79.7 Å². The van der Waals surface area contributed by atoms with E-state index in [9.17, 15) is 18.5 Å². The molecular formula is C42H46N10O5S2. The average molecular weight is 835 g/mol. The van der Waals surface area contributed by atoms with Gasteiger partial charge in [0.05, 0.1) is 39.9 Å². The molecule has 0 radical (unpaired) electrons. The molecule has 17 heteroatoms. The van der Waals surface area contributed by atoms with Gasteiger partial charge in [-0.3, -0.25) is 24.6 Å². The Kier molecular flexibility index (Phi) is 12.6. The second kappa shape index (κ2) is 18.6. The van der Waals surface area contributed by atoms with Gasteiger partial charge < -0.3 is 15.0 Å². The molecule has 8 rings (SSSR count). The van der Waals surface area contributed by atoms with Gasteiger partial charge >= 0.3 is 0 Å². The lowest BCUT2D eigenvalue weighted by molar-refractivity contribution is -0.384. The highest BCUT2D eigenvalue weighted by atomic mass is 32.2. The number of nitrogens with zero attached hydrogens (tertiary/aromatic N) is 8. The summed E-state index contributed by atoms with van der Waals surface area (Å²) < 4.78 is 37.6. The third-order valence-electron chi connectivity index (χ3n) is 10.6. The number of ether oxygens (including phenoxy) is 1. The summed E-state index contributed by atoms with van der Waals surface area (Å²) in [5, 5.41) is 20.8. The summed E-state index contributed by atoms with van der Waals surface area (Å²) in [7, 11) is -4.27. The van der Waals surface area contributed by atoms with Crippen LogP contribution in [-0.4, -0.2) is 114 Å². The van der Waals surface area contributed by atoms with Crippen molar-refractivity contribution in [2.45, 2.75) is 28.8 Å². The quantitative estimate of drug-likeness (QED) is 0.0650. The number of nitro groups is 1. The number of rotatable bonds is 16. The van der Waals surface area contributed by atoms with Crippen molar-refractivity contribution in [3.8, 4) is 5.69 Å². The zero-order valence-electron chi connectivity index (χ0n) is 32.5. The molecule has 1 unspecified atom stereocenters. The summed E-state index contributed by atoms with van der Waals surface area (Å²) in [5.74, 6) is 0.751. The molecule has 0 bridgehead atoms.